The molecule has 1 N–H and O–H groups in total. The molecule has 1 amide bonds. The quantitative estimate of drug-likeness (QED) is 0.563. The first-order valence-electron chi connectivity index (χ1n) is 10.0. The van der Waals surface area contributed by atoms with Crippen molar-refractivity contribution in [2.45, 2.75) is 18.8 Å². The van der Waals surface area contributed by atoms with Gasteiger partial charge < -0.3 is 19.4 Å². The van der Waals surface area contributed by atoms with E-state index < -0.39 is 0 Å². The first kappa shape index (κ1) is 18.5. The Morgan fingerprint density at radius 1 is 1.13 bits per heavy atom. The molecule has 1 fully saturated rings. The summed E-state index contributed by atoms with van der Waals surface area (Å²) >= 11 is 0. The first-order valence-corrected chi connectivity index (χ1v) is 10.0. The van der Waals surface area contributed by atoms with Gasteiger partial charge in [0.1, 0.15) is 23.0 Å². The third-order valence-electron chi connectivity index (χ3n) is 5.80. The van der Waals surface area contributed by atoms with E-state index in [9.17, 15) is 4.79 Å². The van der Waals surface area contributed by atoms with Crippen molar-refractivity contribution in [2.24, 2.45) is 0 Å². The number of aromatic amines is 1. The molecule has 1 saturated heterocycles. The van der Waals surface area contributed by atoms with Crippen molar-refractivity contribution in [1.29, 1.82) is 0 Å². The van der Waals surface area contributed by atoms with E-state index in [1.165, 1.54) is 0 Å². The lowest BCUT2D eigenvalue weighted by Gasteiger charge is -2.31. The summed E-state index contributed by atoms with van der Waals surface area (Å²) in [6, 6.07) is 11.4. The van der Waals surface area contributed by atoms with Crippen LogP contribution < -0.4 is 9.47 Å². The van der Waals surface area contributed by atoms with Gasteiger partial charge in [-0.25, -0.2) is 0 Å². The SMILES string of the molecule is COc1ccc(OC)c2[nH]c(C(=O)N3CCC[C@H](c4nnc5ccccn45)C3)cc12. The molecular formula is C22H23N5O3. The van der Waals surface area contributed by atoms with E-state index in [1.54, 1.807) is 14.2 Å². The lowest BCUT2D eigenvalue weighted by atomic mass is 9.97. The maximum atomic E-state index is 13.3. The molecule has 8 nitrogen and oxygen atoms in total. The van der Waals surface area contributed by atoms with E-state index in [-0.39, 0.29) is 11.8 Å². The number of fused-ring (bicyclic) bond motifs is 2. The molecule has 0 radical (unpaired) electrons. The zero-order chi connectivity index (χ0) is 20.7. The third-order valence-corrected chi connectivity index (χ3v) is 5.80. The van der Waals surface area contributed by atoms with Crippen LogP contribution in [0.5, 0.6) is 11.5 Å². The van der Waals surface area contributed by atoms with Crippen molar-refractivity contribution in [2.75, 3.05) is 27.3 Å². The number of carbonyl (C=O) groups excluding carboxylic acids is 1. The predicted molar refractivity (Wildman–Crippen MR) is 112 cm³/mol. The van der Waals surface area contributed by atoms with Crippen LogP contribution in [0.15, 0.2) is 42.6 Å². The number of amides is 1. The number of benzene rings is 1. The summed E-state index contributed by atoms with van der Waals surface area (Å²) in [5.74, 6) is 2.40. The number of nitrogens with one attached hydrogen (secondary N) is 1. The largest absolute Gasteiger partial charge is 0.496 e. The Hall–Kier alpha value is -3.55. The first-order chi connectivity index (χ1) is 14.7. The maximum absolute atomic E-state index is 13.3. The number of ether oxygens (including phenoxy) is 2. The minimum Gasteiger partial charge on any atom is -0.496 e. The smallest absolute Gasteiger partial charge is 0.270 e. The van der Waals surface area contributed by atoms with Crippen LogP contribution in [0.2, 0.25) is 0 Å². The fourth-order valence-corrected chi connectivity index (χ4v) is 4.31. The molecule has 8 heteroatoms. The molecular weight excluding hydrogens is 382 g/mol. The van der Waals surface area contributed by atoms with Crippen molar-refractivity contribution in [3.05, 3.63) is 54.1 Å². The molecule has 0 spiro atoms. The van der Waals surface area contributed by atoms with Gasteiger partial charge in [-0.3, -0.25) is 9.20 Å². The second-order valence-corrected chi connectivity index (χ2v) is 7.52. The molecule has 1 atom stereocenters. The average molecular weight is 405 g/mol. The van der Waals surface area contributed by atoms with Gasteiger partial charge in [-0.15, -0.1) is 10.2 Å². The number of methoxy groups -OCH3 is 2. The number of hydrogen-bond donors (Lipinski definition) is 1. The summed E-state index contributed by atoms with van der Waals surface area (Å²) in [5.41, 5.74) is 2.11. The van der Waals surface area contributed by atoms with Crippen molar-refractivity contribution >= 4 is 22.5 Å². The lowest BCUT2D eigenvalue weighted by molar-refractivity contribution is 0.0699. The highest BCUT2D eigenvalue weighted by molar-refractivity contribution is 6.01. The van der Waals surface area contributed by atoms with Gasteiger partial charge in [0.25, 0.3) is 5.91 Å². The number of H-pyrrole nitrogens is 1. The minimum atomic E-state index is -0.0335. The van der Waals surface area contributed by atoms with Gasteiger partial charge in [0.05, 0.1) is 19.7 Å². The molecule has 0 unspecified atom stereocenters. The van der Waals surface area contributed by atoms with Gasteiger partial charge in [0.2, 0.25) is 0 Å². The van der Waals surface area contributed by atoms with Gasteiger partial charge in [0.15, 0.2) is 5.65 Å². The van der Waals surface area contributed by atoms with Crippen LogP contribution in [-0.2, 0) is 0 Å². The summed E-state index contributed by atoms with van der Waals surface area (Å²) in [4.78, 5) is 18.4. The molecule has 4 heterocycles. The Balaban J connectivity index is 1.45. The Morgan fingerprint density at radius 2 is 1.97 bits per heavy atom. The Labute approximate surface area is 173 Å². The van der Waals surface area contributed by atoms with Crippen LogP contribution in [0.3, 0.4) is 0 Å². The number of pyridine rings is 1. The fourth-order valence-electron chi connectivity index (χ4n) is 4.31. The van der Waals surface area contributed by atoms with E-state index in [4.69, 9.17) is 9.47 Å². The average Bonchev–Trinajstić information content (AvgIpc) is 3.43. The third kappa shape index (κ3) is 2.96. The molecule has 0 bridgehead atoms. The molecule has 0 saturated carbocycles. The van der Waals surface area contributed by atoms with Crippen LogP contribution in [0.25, 0.3) is 16.6 Å². The van der Waals surface area contributed by atoms with E-state index in [0.29, 0.717) is 23.7 Å². The molecule has 1 aliphatic heterocycles. The van der Waals surface area contributed by atoms with Gasteiger partial charge in [-0.2, -0.15) is 0 Å². The van der Waals surface area contributed by atoms with Gasteiger partial charge in [0, 0.05) is 30.6 Å². The molecule has 1 aromatic carbocycles. The van der Waals surface area contributed by atoms with Crippen LogP contribution in [0, 0.1) is 0 Å². The second kappa shape index (κ2) is 7.37. The van der Waals surface area contributed by atoms with E-state index >= 15 is 0 Å². The summed E-state index contributed by atoms with van der Waals surface area (Å²) in [5, 5.41) is 9.49. The Kier molecular flexibility index (Phi) is 4.54. The highest BCUT2D eigenvalue weighted by Gasteiger charge is 2.29. The highest BCUT2D eigenvalue weighted by Crippen LogP contribution is 2.34. The molecule has 0 aliphatic carbocycles. The monoisotopic (exact) mass is 405 g/mol. The standard InChI is InChI=1S/C22H23N5O3/c1-29-17-8-9-18(30-2)20-15(17)12-16(23-20)22(28)26-10-5-6-14(13-26)21-25-24-19-7-3-4-11-27(19)21/h3-4,7-9,11-12,14,23H,5-6,10,13H2,1-2H3/t14-/m0/s1. The van der Waals surface area contributed by atoms with Gasteiger partial charge in [-0.1, -0.05) is 6.07 Å². The summed E-state index contributed by atoms with van der Waals surface area (Å²) in [6.07, 6.45) is 3.88. The van der Waals surface area contributed by atoms with Gasteiger partial charge >= 0.3 is 0 Å². The lowest BCUT2D eigenvalue weighted by Crippen LogP contribution is -2.39. The van der Waals surface area contributed by atoms with E-state index in [2.05, 4.69) is 15.2 Å². The Bertz CT molecular complexity index is 1190. The summed E-state index contributed by atoms with van der Waals surface area (Å²) in [7, 11) is 3.23. The van der Waals surface area contributed by atoms with Crippen LogP contribution >= 0.6 is 0 Å². The van der Waals surface area contributed by atoms with Gasteiger partial charge in [-0.05, 0) is 43.2 Å². The fraction of sp³-hybridized carbons (Fsp3) is 0.318. The van der Waals surface area contributed by atoms with Crippen molar-refractivity contribution < 1.29 is 14.3 Å². The molecule has 30 heavy (non-hydrogen) atoms. The predicted octanol–water partition coefficient (Wildman–Crippen LogP) is 3.25. The van der Waals surface area contributed by atoms with Crippen molar-refractivity contribution in [3.63, 3.8) is 0 Å². The number of likely N-dealkylation sites (tertiary alicyclic amines) is 1. The number of carbonyl (C=O) groups is 1. The molecule has 154 valence electrons. The number of aromatic nitrogens is 4. The molecule has 4 aromatic rings. The summed E-state index contributed by atoms with van der Waals surface area (Å²) < 4.78 is 12.9. The van der Waals surface area contributed by atoms with Crippen LogP contribution in [0.1, 0.15) is 35.1 Å². The number of piperidine rings is 1. The van der Waals surface area contributed by atoms with Crippen LogP contribution in [0.4, 0.5) is 0 Å². The minimum absolute atomic E-state index is 0.0335. The van der Waals surface area contributed by atoms with Crippen molar-refractivity contribution in [1.82, 2.24) is 24.5 Å². The zero-order valence-corrected chi connectivity index (χ0v) is 17.0. The van der Waals surface area contributed by atoms with Crippen LogP contribution in [-0.4, -0.2) is 57.7 Å². The molecule has 1 aliphatic rings. The summed E-state index contributed by atoms with van der Waals surface area (Å²) in [6.45, 7) is 1.33. The normalized spacial score (nSPS) is 16.9. The van der Waals surface area contributed by atoms with Crippen molar-refractivity contribution in [3.8, 4) is 11.5 Å². The second-order valence-electron chi connectivity index (χ2n) is 7.52. The molecule has 3 aromatic heterocycles. The topological polar surface area (TPSA) is 84.8 Å². The molecule has 5 rings (SSSR count). The maximum Gasteiger partial charge on any atom is 0.270 e. The number of nitrogens with zero attached hydrogens (tertiary/aromatic N) is 4. The Morgan fingerprint density at radius 3 is 2.80 bits per heavy atom. The highest BCUT2D eigenvalue weighted by atomic mass is 16.5. The number of hydrogen-bond acceptors (Lipinski definition) is 5. The zero-order valence-electron chi connectivity index (χ0n) is 17.0. The number of rotatable bonds is 4. The van der Waals surface area contributed by atoms with E-state index in [0.717, 1.165) is 41.8 Å². The van der Waals surface area contributed by atoms with E-state index in [1.807, 2.05) is 51.9 Å².